The quantitative estimate of drug-likeness (QED) is 0.0798. The molecule has 4 N–H and O–H groups in total. The van der Waals surface area contributed by atoms with E-state index in [0.29, 0.717) is 6.54 Å². The molecule has 1 atom stereocenters. The number of hydrogen-bond acceptors (Lipinski definition) is 6. The second-order valence-electron chi connectivity index (χ2n) is 12.2. The van der Waals surface area contributed by atoms with Crippen molar-refractivity contribution in [2.24, 2.45) is 5.73 Å². The van der Waals surface area contributed by atoms with Crippen LogP contribution in [0.5, 0.6) is 0 Å². The lowest BCUT2D eigenvalue weighted by Crippen LogP contribution is -2.29. The maximum atomic E-state index is 10.5. The third kappa shape index (κ3) is 21.4. The summed E-state index contributed by atoms with van der Waals surface area (Å²) >= 11 is 3.69. The van der Waals surface area contributed by atoms with Crippen LogP contribution in [0.1, 0.15) is 145 Å². The molecule has 46 heavy (non-hydrogen) atoms. The van der Waals surface area contributed by atoms with Gasteiger partial charge in [0, 0.05) is 6.54 Å². The fraction of sp³-hybridized carbons (Fsp3) is 0.667. The van der Waals surface area contributed by atoms with Crippen molar-refractivity contribution in [1.29, 1.82) is 0 Å². The van der Waals surface area contributed by atoms with Gasteiger partial charge in [0.2, 0.25) is 0 Å². The Morgan fingerprint density at radius 3 is 1.30 bits per heavy atom. The topological polar surface area (TPSA) is 135 Å². The molecule has 0 fully saturated rings. The van der Waals surface area contributed by atoms with Crippen LogP contribution in [0.4, 0.5) is 0 Å². The second kappa shape index (κ2) is 25.6. The Kier molecular flexibility index (Phi) is 24.8. The summed E-state index contributed by atoms with van der Waals surface area (Å²) in [6, 6.07) is 18.1. The maximum absolute atomic E-state index is 10.5. The molecule has 0 spiro atoms. The lowest BCUT2D eigenvalue weighted by atomic mass is 9.88. The van der Waals surface area contributed by atoms with E-state index in [1.165, 1.54) is 93.7 Å². The van der Waals surface area contributed by atoms with Gasteiger partial charge in [-0.15, -0.1) is 0 Å². The molecule has 0 aromatic heterocycles. The summed E-state index contributed by atoms with van der Waals surface area (Å²) in [6.07, 6.45) is 15.9. The van der Waals surface area contributed by atoms with Crippen molar-refractivity contribution in [1.82, 2.24) is 0 Å². The van der Waals surface area contributed by atoms with Gasteiger partial charge < -0.3 is 5.73 Å². The minimum atomic E-state index is -4.45. The zero-order valence-electron chi connectivity index (χ0n) is 29.0. The minimum absolute atomic E-state index is 0.0972. The minimum Gasteiger partial charge on any atom is -0.326 e. The highest BCUT2D eigenvalue weighted by molar-refractivity contribution is 7.90. The van der Waals surface area contributed by atoms with E-state index in [4.69, 9.17) is 14.8 Å². The van der Waals surface area contributed by atoms with E-state index < -0.39 is 31.2 Å². The first-order chi connectivity index (χ1) is 21.8. The lowest BCUT2D eigenvalue weighted by molar-refractivity contribution is 0.456. The molecule has 2 rings (SSSR count). The van der Waals surface area contributed by atoms with Gasteiger partial charge in [-0.25, -0.2) is 0 Å². The lowest BCUT2D eigenvalue weighted by Gasteiger charge is -2.17. The molecule has 0 amide bonds. The van der Waals surface area contributed by atoms with Gasteiger partial charge in [0.25, 0.3) is 20.2 Å². The van der Waals surface area contributed by atoms with Gasteiger partial charge in [-0.1, -0.05) is 133 Å². The van der Waals surface area contributed by atoms with Crippen molar-refractivity contribution in [3.05, 3.63) is 70.8 Å². The number of thiol groups is 1. The first-order valence-electron chi connectivity index (χ1n) is 17.1. The molecule has 0 radical (unpaired) electrons. The van der Waals surface area contributed by atoms with Gasteiger partial charge in [0.15, 0.2) is 0 Å². The maximum Gasteiger partial charge on any atom is 0.268 e. The van der Waals surface area contributed by atoms with Crippen molar-refractivity contribution in [3.8, 4) is 0 Å². The first-order valence-corrected chi connectivity index (χ1v) is 20.9. The fourth-order valence-electron chi connectivity index (χ4n) is 5.22. The van der Waals surface area contributed by atoms with E-state index >= 15 is 0 Å². The van der Waals surface area contributed by atoms with Crippen LogP contribution in [0.15, 0.2) is 48.5 Å². The van der Waals surface area contributed by atoms with Crippen LogP contribution < -0.4 is 5.73 Å². The molecule has 2 aromatic carbocycles. The Bertz CT molecular complexity index is 1220. The van der Waals surface area contributed by atoms with Gasteiger partial charge in [-0.2, -0.15) is 29.5 Å². The largest absolute Gasteiger partial charge is 0.326 e. The van der Waals surface area contributed by atoms with Crippen LogP contribution in [0.2, 0.25) is 0 Å². The summed E-state index contributed by atoms with van der Waals surface area (Å²) in [6.45, 7) is 11.9. The summed E-state index contributed by atoms with van der Waals surface area (Å²) in [5, 5.41) is -1.51. The Hall–Kier alpha value is -1.43. The molecule has 2 aromatic rings. The van der Waals surface area contributed by atoms with E-state index in [9.17, 15) is 16.8 Å². The first kappa shape index (κ1) is 44.6. The van der Waals surface area contributed by atoms with Gasteiger partial charge >= 0.3 is 0 Å². The fourth-order valence-corrected chi connectivity index (χ4v) is 7.96. The van der Waals surface area contributed by atoms with Crippen LogP contribution in [0, 0.1) is 6.92 Å². The summed E-state index contributed by atoms with van der Waals surface area (Å²) in [4.78, 5) is 0. The monoisotopic (exact) mass is 701 g/mol. The second-order valence-corrected chi connectivity index (χ2v) is 15.9. The van der Waals surface area contributed by atoms with E-state index in [0.717, 1.165) is 11.8 Å². The van der Waals surface area contributed by atoms with Gasteiger partial charge in [0.1, 0.15) is 5.25 Å². The number of rotatable bonds is 20. The third-order valence-corrected chi connectivity index (χ3v) is 10.7. The molecule has 266 valence electrons. The van der Waals surface area contributed by atoms with E-state index in [-0.39, 0.29) is 12.2 Å². The zero-order valence-corrected chi connectivity index (χ0v) is 31.6. The Balaban J connectivity index is 0.000000667. The van der Waals surface area contributed by atoms with Crippen molar-refractivity contribution < 1.29 is 25.9 Å². The summed E-state index contributed by atoms with van der Waals surface area (Å²) in [5.41, 5.74) is 11.3. The standard InChI is InChI=1S/C16H27N.C16H26.C4H10O6S3/c1-3-5-7-15(8-6-4-2)16-11-9-14(13-17)10-12-16;1-4-6-8-15(9-7-5-2)16-12-10-14(3)11-13-16;5-12(6,7)3-4(1-2-11)13(8,9)10/h9-12,15H,3-8,13,17H2,1-2H3;10-13,15H,4-9H2,1-3H3;4,11H,1-3H2,(H,5,6,7)(H,8,9,10). The van der Waals surface area contributed by atoms with E-state index in [2.05, 4.69) is 95.8 Å². The predicted molar refractivity (Wildman–Crippen MR) is 199 cm³/mol. The molecule has 0 saturated carbocycles. The number of benzene rings is 2. The van der Waals surface area contributed by atoms with E-state index in [1.807, 2.05) is 0 Å². The van der Waals surface area contributed by atoms with E-state index in [1.54, 1.807) is 5.56 Å². The van der Waals surface area contributed by atoms with Gasteiger partial charge in [-0.05, 0) is 73.3 Å². The molecule has 0 aliphatic rings. The number of aryl methyl sites for hydroxylation is 1. The van der Waals surface area contributed by atoms with Gasteiger partial charge in [0.05, 0.1) is 5.75 Å². The van der Waals surface area contributed by atoms with Crippen molar-refractivity contribution in [2.45, 2.75) is 142 Å². The SMILES string of the molecule is CCCCC(CCCC)c1ccc(C)cc1.CCCCC(CCCC)c1ccc(CN)cc1.O=S(=O)(O)CC(CCS)S(=O)(=O)O. The number of hydrogen-bond donors (Lipinski definition) is 4. The molecule has 7 nitrogen and oxygen atoms in total. The van der Waals surface area contributed by atoms with Crippen LogP contribution in [0.25, 0.3) is 0 Å². The normalized spacial score (nSPS) is 12.3. The van der Waals surface area contributed by atoms with Crippen LogP contribution in [-0.4, -0.2) is 42.7 Å². The Morgan fingerprint density at radius 2 is 1.02 bits per heavy atom. The third-order valence-electron chi connectivity index (χ3n) is 8.13. The molecular weight excluding hydrogens is 639 g/mol. The van der Waals surface area contributed by atoms with Crippen LogP contribution >= 0.6 is 12.6 Å². The summed E-state index contributed by atoms with van der Waals surface area (Å²) in [5.74, 6) is 0.633. The molecule has 0 bridgehead atoms. The molecular formula is C36H63NO6S3. The molecule has 0 aliphatic carbocycles. The summed E-state index contributed by atoms with van der Waals surface area (Å²) < 4.78 is 58.6. The number of nitrogens with two attached hydrogens (primary N) is 1. The highest BCUT2D eigenvalue weighted by Crippen LogP contribution is 2.29. The highest BCUT2D eigenvalue weighted by Gasteiger charge is 2.27. The van der Waals surface area contributed by atoms with Gasteiger partial charge in [-0.3, -0.25) is 9.11 Å². The Morgan fingerprint density at radius 1 is 0.652 bits per heavy atom. The molecule has 10 heteroatoms. The Labute approximate surface area is 287 Å². The average Bonchev–Trinajstić information content (AvgIpc) is 3.01. The van der Waals surface area contributed by atoms with Crippen molar-refractivity contribution in [3.63, 3.8) is 0 Å². The van der Waals surface area contributed by atoms with Crippen LogP contribution in [-0.2, 0) is 26.8 Å². The number of unbranched alkanes of at least 4 members (excludes halogenated alkanes) is 4. The smallest absolute Gasteiger partial charge is 0.268 e. The average molecular weight is 702 g/mol. The van der Waals surface area contributed by atoms with Crippen LogP contribution in [0.3, 0.4) is 0 Å². The zero-order chi connectivity index (χ0) is 35.0. The molecule has 0 saturated heterocycles. The molecule has 1 unspecified atom stereocenters. The van der Waals surface area contributed by atoms with Crippen molar-refractivity contribution in [2.75, 3.05) is 11.5 Å². The van der Waals surface area contributed by atoms with Crippen molar-refractivity contribution >= 4 is 32.9 Å². The highest BCUT2D eigenvalue weighted by atomic mass is 32.2. The predicted octanol–water partition coefficient (Wildman–Crippen LogP) is 9.52. The molecule has 0 aliphatic heterocycles. The summed E-state index contributed by atoms with van der Waals surface area (Å²) in [7, 11) is -8.85. The molecule has 0 heterocycles.